The van der Waals surface area contributed by atoms with E-state index in [4.69, 9.17) is 33.7 Å². The Balaban J connectivity index is 1.91. The van der Waals surface area contributed by atoms with Gasteiger partial charge in [0.05, 0.1) is 9.58 Å². The number of rotatable bonds is 4. The number of amides is 1. The minimum absolute atomic E-state index is 0.303. The molecule has 0 spiro atoms. The quantitative estimate of drug-likeness (QED) is 0.712. The number of pyridine rings is 1. The smallest absolute Gasteiger partial charge is 0.258 e. The van der Waals surface area contributed by atoms with Crippen molar-refractivity contribution in [3.63, 3.8) is 0 Å². The fraction of sp³-hybridized carbons (Fsp3) is 0.0667. The summed E-state index contributed by atoms with van der Waals surface area (Å²) in [5.74, 6) is 0.208. The van der Waals surface area contributed by atoms with E-state index < -0.39 is 5.91 Å². The fourth-order valence-corrected chi connectivity index (χ4v) is 3.30. The van der Waals surface area contributed by atoms with Crippen molar-refractivity contribution in [2.24, 2.45) is 5.73 Å². The SMILES string of the molecule is NC(=O)c1cc2c(COc3ccc(Cl)cc3)cnc(Cl)c2s1. The molecule has 0 unspecified atom stereocenters. The average molecular weight is 353 g/mol. The molecule has 2 N–H and O–H groups in total. The highest BCUT2D eigenvalue weighted by molar-refractivity contribution is 7.21. The van der Waals surface area contributed by atoms with Crippen molar-refractivity contribution in [1.29, 1.82) is 0 Å². The topological polar surface area (TPSA) is 65.2 Å². The van der Waals surface area contributed by atoms with Gasteiger partial charge in [-0.3, -0.25) is 4.79 Å². The third kappa shape index (κ3) is 3.02. The fourth-order valence-electron chi connectivity index (χ4n) is 1.97. The molecule has 22 heavy (non-hydrogen) atoms. The lowest BCUT2D eigenvalue weighted by atomic mass is 10.2. The van der Waals surface area contributed by atoms with Crippen LogP contribution in [0.4, 0.5) is 0 Å². The molecule has 0 saturated heterocycles. The van der Waals surface area contributed by atoms with Crippen LogP contribution in [0.3, 0.4) is 0 Å². The molecule has 0 aliphatic rings. The predicted molar refractivity (Wildman–Crippen MR) is 88.9 cm³/mol. The van der Waals surface area contributed by atoms with E-state index in [-0.39, 0.29) is 0 Å². The van der Waals surface area contributed by atoms with E-state index in [1.807, 2.05) is 0 Å². The zero-order valence-electron chi connectivity index (χ0n) is 11.2. The molecule has 1 aromatic carbocycles. The van der Waals surface area contributed by atoms with Gasteiger partial charge < -0.3 is 10.5 Å². The molecule has 4 nitrogen and oxygen atoms in total. The summed E-state index contributed by atoms with van der Waals surface area (Å²) in [6, 6.07) is 8.79. The van der Waals surface area contributed by atoms with Gasteiger partial charge in [0.25, 0.3) is 5.91 Å². The van der Waals surface area contributed by atoms with Crippen LogP contribution in [0.5, 0.6) is 5.75 Å². The minimum Gasteiger partial charge on any atom is -0.489 e. The third-order valence-corrected chi connectivity index (χ3v) is 4.86. The van der Waals surface area contributed by atoms with Crippen molar-refractivity contribution in [3.8, 4) is 5.75 Å². The van der Waals surface area contributed by atoms with E-state index in [0.717, 1.165) is 15.6 Å². The zero-order chi connectivity index (χ0) is 15.7. The van der Waals surface area contributed by atoms with Crippen LogP contribution in [0.15, 0.2) is 36.5 Å². The highest BCUT2D eigenvalue weighted by atomic mass is 35.5. The van der Waals surface area contributed by atoms with E-state index in [2.05, 4.69) is 4.98 Å². The van der Waals surface area contributed by atoms with Gasteiger partial charge in [-0.25, -0.2) is 4.98 Å². The van der Waals surface area contributed by atoms with Crippen molar-refractivity contribution in [1.82, 2.24) is 4.98 Å². The highest BCUT2D eigenvalue weighted by Crippen LogP contribution is 2.33. The minimum atomic E-state index is -0.484. The molecule has 2 heterocycles. The Labute approximate surface area is 140 Å². The number of nitrogens with zero attached hydrogens (tertiary/aromatic N) is 1. The van der Waals surface area contributed by atoms with Gasteiger partial charge in [-0.15, -0.1) is 11.3 Å². The second kappa shape index (κ2) is 6.12. The van der Waals surface area contributed by atoms with Crippen molar-refractivity contribution in [2.75, 3.05) is 0 Å². The Hall–Kier alpha value is -1.82. The van der Waals surface area contributed by atoms with Crippen molar-refractivity contribution in [3.05, 3.63) is 57.1 Å². The van der Waals surface area contributed by atoms with Crippen molar-refractivity contribution >= 4 is 50.5 Å². The summed E-state index contributed by atoms with van der Waals surface area (Å²) in [4.78, 5) is 15.9. The van der Waals surface area contributed by atoms with Gasteiger partial charge in [0.2, 0.25) is 0 Å². The van der Waals surface area contributed by atoms with Crippen molar-refractivity contribution < 1.29 is 9.53 Å². The molecule has 1 amide bonds. The van der Waals surface area contributed by atoms with E-state index in [1.54, 1.807) is 36.5 Å². The lowest BCUT2D eigenvalue weighted by Crippen LogP contribution is -2.08. The number of carbonyl (C=O) groups is 1. The van der Waals surface area contributed by atoms with Crippen LogP contribution in [0.25, 0.3) is 10.1 Å². The summed E-state index contributed by atoms with van der Waals surface area (Å²) in [5.41, 5.74) is 6.15. The number of aromatic nitrogens is 1. The number of ether oxygens (including phenoxy) is 1. The first-order valence-corrected chi connectivity index (χ1v) is 7.87. The molecule has 3 aromatic rings. The maximum absolute atomic E-state index is 11.3. The summed E-state index contributed by atoms with van der Waals surface area (Å²) in [5, 5.41) is 1.82. The second-order valence-electron chi connectivity index (χ2n) is 4.53. The molecule has 0 bridgehead atoms. The molecule has 0 atom stereocenters. The summed E-state index contributed by atoms with van der Waals surface area (Å²) < 4.78 is 6.44. The summed E-state index contributed by atoms with van der Waals surface area (Å²) in [7, 11) is 0. The molecular weight excluding hydrogens is 343 g/mol. The first kappa shape index (κ1) is 15.1. The predicted octanol–water partition coefficient (Wildman–Crippen LogP) is 4.28. The monoisotopic (exact) mass is 352 g/mol. The van der Waals surface area contributed by atoms with E-state index in [1.165, 1.54) is 11.3 Å². The Morgan fingerprint density at radius 3 is 2.68 bits per heavy atom. The standard InChI is InChI=1S/C15H10Cl2N2O2S/c16-9-1-3-10(4-2-9)21-7-8-6-19-14(17)13-11(8)5-12(22-13)15(18)20/h1-6H,7H2,(H2,18,20). The summed E-state index contributed by atoms with van der Waals surface area (Å²) in [6.07, 6.45) is 1.64. The molecule has 7 heteroatoms. The van der Waals surface area contributed by atoms with Crippen LogP contribution in [0.1, 0.15) is 15.2 Å². The molecule has 0 aliphatic carbocycles. The first-order valence-electron chi connectivity index (χ1n) is 6.29. The third-order valence-electron chi connectivity index (χ3n) is 3.05. The second-order valence-corrected chi connectivity index (χ2v) is 6.38. The first-order chi connectivity index (χ1) is 10.5. The Morgan fingerprint density at radius 1 is 1.27 bits per heavy atom. The average Bonchev–Trinajstić information content (AvgIpc) is 2.95. The van der Waals surface area contributed by atoms with Gasteiger partial charge in [-0.1, -0.05) is 23.2 Å². The summed E-state index contributed by atoms with van der Waals surface area (Å²) >= 11 is 13.1. The number of benzene rings is 1. The van der Waals surface area contributed by atoms with Gasteiger partial charge in [0.1, 0.15) is 17.5 Å². The van der Waals surface area contributed by atoms with Crippen molar-refractivity contribution in [2.45, 2.75) is 6.61 Å². The number of thiophene rings is 1. The maximum Gasteiger partial charge on any atom is 0.258 e. The number of halogens is 2. The molecule has 0 fully saturated rings. The molecular formula is C15H10Cl2N2O2S. The molecule has 0 saturated carbocycles. The van der Waals surface area contributed by atoms with Crippen LogP contribution >= 0.6 is 34.5 Å². The van der Waals surface area contributed by atoms with E-state index in [9.17, 15) is 4.79 Å². The van der Waals surface area contributed by atoms with Gasteiger partial charge >= 0.3 is 0 Å². The van der Waals surface area contributed by atoms with Crippen LogP contribution in [0, 0.1) is 0 Å². The number of hydrogen-bond acceptors (Lipinski definition) is 4. The molecule has 0 radical (unpaired) electrons. The lowest BCUT2D eigenvalue weighted by Gasteiger charge is -2.07. The molecule has 3 rings (SSSR count). The lowest BCUT2D eigenvalue weighted by molar-refractivity contribution is 0.100. The van der Waals surface area contributed by atoms with Crippen LogP contribution in [-0.4, -0.2) is 10.9 Å². The Morgan fingerprint density at radius 2 is 2.00 bits per heavy atom. The van der Waals surface area contributed by atoms with Crippen LogP contribution in [0.2, 0.25) is 10.2 Å². The number of primary amides is 1. The van der Waals surface area contributed by atoms with Gasteiger partial charge in [-0.2, -0.15) is 0 Å². The Bertz CT molecular complexity index is 847. The van der Waals surface area contributed by atoms with Gasteiger partial charge in [-0.05, 0) is 30.3 Å². The Kier molecular flexibility index (Phi) is 4.20. The van der Waals surface area contributed by atoms with E-state index >= 15 is 0 Å². The molecule has 2 aromatic heterocycles. The molecule has 112 valence electrons. The zero-order valence-corrected chi connectivity index (χ0v) is 13.5. The number of carbonyl (C=O) groups excluding carboxylic acids is 1. The number of hydrogen-bond donors (Lipinski definition) is 1. The normalized spacial score (nSPS) is 10.8. The number of nitrogens with two attached hydrogens (primary N) is 1. The summed E-state index contributed by atoms with van der Waals surface area (Å²) in [6.45, 7) is 0.303. The van der Waals surface area contributed by atoms with Crippen LogP contribution < -0.4 is 10.5 Å². The maximum atomic E-state index is 11.3. The van der Waals surface area contributed by atoms with Crippen LogP contribution in [-0.2, 0) is 6.61 Å². The molecule has 0 aliphatic heterocycles. The highest BCUT2D eigenvalue weighted by Gasteiger charge is 2.14. The van der Waals surface area contributed by atoms with Gasteiger partial charge in [0.15, 0.2) is 0 Å². The largest absolute Gasteiger partial charge is 0.489 e. The van der Waals surface area contributed by atoms with E-state index in [0.29, 0.717) is 27.4 Å². The number of fused-ring (bicyclic) bond motifs is 1. The van der Waals surface area contributed by atoms with Gasteiger partial charge in [0, 0.05) is 22.2 Å².